The van der Waals surface area contributed by atoms with E-state index >= 15 is 0 Å². The molecule has 1 aromatic heterocycles. The average molecular weight is 452 g/mol. The van der Waals surface area contributed by atoms with Crippen molar-refractivity contribution in [1.29, 1.82) is 0 Å². The lowest BCUT2D eigenvalue weighted by atomic mass is 9.67. The van der Waals surface area contributed by atoms with Gasteiger partial charge in [-0.15, -0.1) is 0 Å². The number of amides is 1. The number of hydrogen-bond acceptors (Lipinski definition) is 5. The molecule has 32 heavy (non-hydrogen) atoms. The minimum Gasteiger partial charge on any atom is -0.354 e. The first-order valence-corrected chi connectivity index (χ1v) is 11.9. The van der Waals surface area contributed by atoms with Crippen molar-refractivity contribution in [3.8, 4) is 0 Å². The number of alkyl halides is 3. The van der Waals surface area contributed by atoms with E-state index in [1.54, 1.807) is 4.90 Å². The summed E-state index contributed by atoms with van der Waals surface area (Å²) < 4.78 is 40.0. The third-order valence-electron chi connectivity index (χ3n) is 7.92. The molecule has 1 aromatic rings. The topological polar surface area (TPSA) is 60.5 Å². The van der Waals surface area contributed by atoms with Crippen LogP contribution in [0.2, 0.25) is 0 Å². The van der Waals surface area contributed by atoms with Crippen LogP contribution in [0.15, 0.2) is 18.3 Å². The second-order valence-electron chi connectivity index (χ2n) is 9.85. The van der Waals surface area contributed by atoms with Gasteiger partial charge in [0.1, 0.15) is 5.82 Å². The molecule has 4 fully saturated rings. The van der Waals surface area contributed by atoms with Gasteiger partial charge in [0.25, 0.3) is 0 Å². The van der Waals surface area contributed by atoms with Gasteiger partial charge >= 0.3 is 6.18 Å². The van der Waals surface area contributed by atoms with Crippen molar-refractivity contribution in [2.75, 3.05) is 44.2 Å². The molecule has 176 valence electrons. The Kier molecular flexibility index (Phi) is 6.05. The number of nitrogens with one attached hydrogen (secondary N) is 2. The maximum Gasteiger partial charge on any atom is 0.419 e. The molecule has 0 bridgehead atoms. The van der Waals surface area contributed by atoms with E-state index < -0.39 is 11.7 Å². The Bertz CT molecular complexity index is 826. The predicted molar refractivity (Wildman–Crippen MR) is 115 cm³/mol. The van der Waals surface area contributed by atoms with E-state index in [0.29, 0.717) is 31.0 Å². The fourth-order valence-electron chi connectivity index (χ4n) is 6.37. The van der Waals surface area contributed by atoms with Crippen LogP contribution >= 0.6 is 0 Å². The van der Waals surface area contributed by atoms with Gasteiger partial charge in [0.05, 0.1) is 11.5 Å². The Morgan fingerprint density at radius 3 is 2.72 bits per heavy atom. The molecular formula is C23H32F3N5O. The van der Waals surface area contributed by atoms with Crippen molar-refractivity contribution in [1.82, 2.24) is 20.5 Å². The number of piperidine rings is 2. The van der Waals surface area contributed by atoms with Crippen LogP contribution in [0.1, 0.15) is 37.7 Å². The molecule has 1 saturated carbocycles. The molecule has 5 unspecified atom stereocenters. The zero-order valence-corrected chi connectivity index (χ0v) is 18.3. The normalized spacial score (nSPS) is 33.9. The standard InChI is InChI=1S/C23H32F3N5O/c24-23(25,26)18-4-2-8-28-21(18)31-11-9-30(10-12-31)14-15-5-6-16-19(13-15)29-22(32)17-3-1-7-27-20(16)17/h2,4,8,15-17,19-20,27H,1,3,5-7,9-14H2,(H,29,32). The minimum absolute atomic E-state index is 0.0413. The largest absolute Gasteiger partial charge is 0.419 e. The maximum atomic E-state index is 13.3. The van der Waals surface area contributed by atoms with E-state index in [0.717, 1.165) is 64.3 Å². The van der Waals surface area contributed by atoms with Crippen LogP contribution in [0.5, 0.6) is 0 Å². The molecule has 5 atom stereocenters. The summed E-state index contributed by atoms with van der Waals surface area (Å²) in [5.41, 5.74) is -0.658. The number of piperazine rings is 1. The third-order valence-corrected chi connectivity index (χ3v) is 7.92. The van der Waals surface area contributed by atoms with Crippen molar-refractivity contribution >= 4 is 11.7 Å². The van der Waals surface area contributed by atoms with Crippen LogP contribution in [0, 0.1) is 17.8 Å². The Morgan fingerprint density at radius 2 is 1.94 bits per heavy atom. The van der Waals surface area contributed by atoms with Crippen molar-refractivity contribution < 1.29 is 18.0 Å². The Labute approximate surface area is 186 Å². The Balaban J connectivity index is 1.16. The van der Waals surface area contributed by atoms with Gasteiger partial charge in [-0.3, -0.25) is 9.69 Å². The van der Waals surface area contributed by atoms with E-state index in [9.17, 15) is 18.0 Å². The summed E-state index contributed by atoms with van der Waals surface area (Å²) in [6.07, 6.45) is 2.39. The average Bonchev–Trinajstić information content (AvgIpc) is 2.79. The molecular weight excluding hydrogens is 419 g/mol. The molecule has 1 amide bonds. The Morgan fingerprint density at radius 1 is 1.12 bits per heavy atom. The van der Waals surface area contributed by atoms with Crippen molar-refractivity contribution in [2.24, 2.45) is 17.8 Å². The van der Waals surface area contributed by atoms with Gasteiger partial charge in [0, 0.05) is 51.0 Å². The molecule has 9 heteroatoms. The summed E-state index contributed by atoms with van der Waals surface area (Å²) in [5, 5.41) is 6.93. The van der Waals surface area contributed by atoms with E-state index in [1.165, 1.54) is 12.3 Å². The fourth-order valence-corrected chi connectivity index (χ4v) is 6.37. The number of carbonyl (C=O) groups excluding carboxylic acids is 1. The summed E-state index contributed by atoms with van der Waals surface area (Å²) in [6, 6.07) is 3.02. The number of nitrogens with zero attached hydrogens (tertiary/aromatic N) is 3. The lowest BCUT2D eigenvalue weighted by Gasteiger charge is -2.50. The molecule has 0 aromatic carbocycles. The smallest absolute Gasteiger partial charge is 0.354 e. The third kappa shape index (κ3) is 4.33. The van der Waals surface area contributed by atoms with Gasteiger partial charge in [-0.05, 0) is 62.6 Å². The van der Waals surface area contributed by atoms with Gasteiger partial charge in [0.2, 0.25) is 5.91 Å². The van der Waals surface area contributed by atoms with Gasteiger partial charge < -0.3 is 15.5 Å². The summed E-state index contributed by atoms with van der Waals surface area (Å²) >= 11 is 0. The number of carbonyl (C=O) groups is 1. The molecule has 3 aliphatic heterocycles. The maximum absolute atomic E-state index is 13.3. The van der Waals surface area contributed by atoms with Crippen LogP contribution in [0.3, 0.4) is 0 Å². The highest BCUT2D eigenvalue weighted by Crippen LogP contribution is 2.39. The number of anilines is 1. The number of pyridine rings is 1. The molecule has 4 aliphatic rings. The van der Waals surface area contributed by atoms with Crippen molar-refractivity contribution in [2.45, 2.75) is 50.4 Å². The summed E-state index contributed by atoms with van der Waals surface area (Å²) in [5.74, 6) is 1.43. The molecule has 0 radical (unpaired) electrons. The van der Waals surface area contributed by atoms with Gasteiger partial charge in [-0.2, -0.15) is 13.2 Å². The summed E-state index contributed by atoms with van der Waals surface area (Å²) in [4.78, 5) is 20.8. The SMILES string of the molecule is O=C1NC2CC(CN3CCN(c4ncccc4C(F)(F)F)CC3)CCC2C2NCCCC12. The molecule has 1 aliphatic carbocycles. The second kappa shape index (κ2) is 8.82. The monoisotopic (exact) mass is 451 g/mol. The van der Waals surface area contributed by atoms with Crippen LogP contribution in [-0.4, -0.2) is 67.1 Å². The predicted octanol–water partition coefficient (Wildman–Crippen LogP) is 2.51. The van der Waals surface area contributed by atoms with Crippen LogP contribution in [-0.2, 0) is 11.0 Å². The lowest BCUT2D eigenvalue weighted by molar-refractivity contribution is -0.137. The highest BCUT2D eigenvalue weighted by atomic mass is 19.4. The van der Waals surface area contributed by atoms with Crippen molar-refractivity contribution in [3.05, 3.63) is 23.9 Å². The molecule has 5 rings (SSSR count). The van der Waals surface area contributed by atoms with E-state index in [2.05, 4.69) is 20.5 Å². The van der Waals surface area contributed by atoms with Gasteiger partial charge in [-0.1, -0.05) is 0 Å². The quantitative estimate of drug-likeness (QED) is 0.740. The molecule has 6 nitrogen and oxygen atoms in total. The first-order chi connectivity index (χ1) is 15.4. The van der Waals surface area contributed by atoms with Crippen LogP contribution in [0.4, 0.5) is 19.0 Å². The molecule has 4 heterocycles. The highest BCUT2D eigenvalue weighted by Gasteiger charge is 2.47. The molecule has 0 spiro atoms. The zero-order chi connectivity index (χ0) is 22.3. The van der Waals surface area contributed by atoms with E-state index in [4.69, 9.17) is 0 Å². The first kappa shape index (κ1) is 21.9. The highest BCUT2D eigenvalue weighted by molar-refractivity contribution is 5.81. The minimum atomic E-state index is -4.39. The van der Waals surface area contributed by atoms with Gasteiger partial charge in [-0.25, -0.2) is 4.98 Å². The molecule has 2 N–H and O–H groups in total. The van der Waals surface area contributed by atoms with Crippen LogP contribution < -0.4 is 15.5 Å². The summed E-state index contributed by atoms with van der Waals surface area (Å²) in [6.45, 7) is 4.52. The van der Waals surface area contributed by atoms with E-state index in [-0.39, 0.29) is 23.7 Å². The van der Waals surface area contributed by atoms with Crippen LogP contribution in [0.25, 0.3) is 0 Å². The number of fused-ring (bicyclic) bond motifs is 3. The fraction of sp³-hybridized carbons (Fsp3) is 0.739. The number of aromatic nitrogens is 1. The zero-order valence-electron chi connectivity index (χ0n) is 18.3. The number of halogens is 3. The van der Waals surface area contributed by atoms with E-state index in [1.807, 2.05) is 0 Å². The molecule has 3 saturated heterocycles. The number of rotatable bonds is 3. The Hall–Kier alpha value is -1.87. The first-order valence-electron chi connectivity index (χ1n) is 11.9. The van der Waals surface area contributed by atoms with Crippen molar-refractivity contribution in [3.63, 3.8) is 0 Å². The number of hydrogen-bond donors (Lipinski definition) is 2. The van der Waals surface area contributed by atoms with Gasteiger partial charge in [0.15, 0.2) is 0 Å². The second-order valence-corrected chi connectivity index (χ2v) is 9.85. The lowest BCUT2D eigenvalue weighted by Crippen LogP contribution is -2.64. The summed E-state index contributed by atoms with van der Waals surface area (Å²) in [7, 11) is 0.